The van der Waals surface area contributed by atoms with Gasteiger partial charge >= 0.3 is 0 Å². The van der Waals surface area contributed by atoms with Crippen LogP contribution in [0.25, 0.3) is 0 Å². The van der Waals surface area contributed by atoms with Crippen LogP contribution < -0.4 is 0 Å². The van der Waals surface area contributed by atoms with Gasteiger partial charge in [-0.2, -0.15) is 0 Å². The number of rotatable bonds is 1. The third kappa shape index (κ3) is 1.63. The summed E-state index contributed by atoms with van der Waals surface area (Å²) < 4.78 is 23.2. The van der Waals surface area contributed by atoms with E-state index in [4.69, 9.17) is 0 Å². The first-order chi connectivity index (χ1) is 8.08. The van der Waals surface area contributed by atoms with Crippen molar-refractivity contribution in [3.05, 3.63) is 30.1 Å². The maximum absolute atomic E-state index is 12.2. The fraction of sp³-hybridized carbons (Fsp3) is 0.455. The second-order valence-corrected chi connectivity index (χ2v) is 6.86. The largest absolute Gasteiger partial charge is 0.333 e. The van der Waals surface area contributed by atoms with Crippen molar-refractivity contribution in [1.29, 1.82) is 0 Å². The van der Waals surface area contributed by atoms with E-state index in [9.17, 15) is 13.2 Å². The number of hydrogen-bond donors (Lipinski definition) is 0. The van der Waals surface area contributed by atoms with Gasteiger partial charge in [0.05, 0.1) is 11.0 Å². The third-order valence-corrected chi connectivity index (χ3v) is 5.70. The van der Waals surface area contributed by atoms with Crippen molar-refractivity contribution in [3.63, 3.8) is 0 Å². The second kappa shape index (κ2) is 3.53. The molecular formula is C11H12N2O3S. The van der Waals surface area contributed by atoms with E-state index in [1.54, 1.807) is 29.4 Å². The van der Waals surface area contributed by atoms with Gasteiger partial charge in [0.15, 0.2) is 9.84 Å². The zero-order valence-corrected chi connectivity index (χ0v) is 9.93. The third-order valence-electron chi connectivity index (χ3n) is 3.50. The van der Waals surface area contributed by atoms with E-state index in [1.807, 2.05) is 0 Å². The highest BCUT2D eigenvalue weighted by Gasteiger charge is 2.49. The van der Waals surface area contributed by atoms with Crippen LogP contribution in [0.4, 0.5) is 0 Å². The van der Waals surface area contributed by atoms with E-state index in [2.05, 4.69) is 4.98 Å². The van der Waals surface area contributed by atoms with Gasteiger partial charge in [-0.05, 0) is 18.6 Å². The molecule has 0 aromatic carbocycles. The molecular weight excluding hydrogens is 240 g/mol. The van der Waals surface area contributed by atoms with Gasteiger partial charge in [-0.15, -0.1) is 0 Å². The molecule has 0 radical (unpaired) electrons. The van der Waals surface area contributed by atoms with Crippen LogP contribution in [0.5, 0.6) is 0 Å². The van der Waals surface area contributed by atoms with Crippen LogP contribution in [0.1, 0.15) is 16.8 Å². The van der Waals surface area contributed by atoms with E-state index in [0.717, 1.165) is 0 Å². The highest BCUT2D eigenvalue weighted by atomic mass is 32.2. The Morgan fingerprint density at radius 3 is 2.59 bits per heavy atom. The minimum Gasteiger partial charge on any atom is -0.333 e. The smallest absolute Gasteiger partial charge is 0.254 e. The quantitative estimate of drug-likeness (QED) is 0.710. The lowest BCUT2D eigenvalue weighted by Crippen LogP contribution is -2.44. The van der Waals surface area contributed by atoms with Crippen LogP contribution in [0.15, 0.2) is 24.5 Å². The first kappa shape index (κ1) is 10.7. The number of carbonyl (C=O) groups is 1. The number of carbonyl (C=O) groups excluding carboxylic acids is 1. The van der Waals surface area contributed by atoms with Gasteiger partial charge < -0.3 is 4.90 Å². The molecule has 6 heteroatoms. The number of nitrogens with zero attached hydrogens (tertiary/aromatic N) is 2. The van der Waals surface area contributed by atoms with Gasteiger partial charge in [-0.25, -0.2) is 8.42 Å². The molecule has 1 aromatic heterocycles. The molecule has 3 rings (SSSR count). The Morgan fingerprint density at radius 1 is 1.35 bits per heavy atom. The molecule has 2 bridgehead atoms. The van der Waals surface area contributed by atoms with Gasteiger partial charge in [0.25, 0.3) is 5.91 Å². The fourth-order valence-corrected chi connectivity index (χ4v) is 4.63. The summed E-state index contributed by atoms with van der Waals surface area (Å²) in [6.45, 7) is 0.341. The first-order valence-corrected chi connectivity index (χ1v) is 7.22. The molecule has 0 N–H and O–H groups in total. The number of hydrogen-bond acceptors (Lipinski definition) is 4. The molecule has 2 saturated heterocycles. The topological polar surface area (TPSA) is 67.3 Å². The standard InChI is InChI=1S/C11H12N2O3S/c14-11(8-1-3-12-4-2-8)13-6-10-5-9(13)7-17(10,15)16/h1-4,9-10H,5-7H2. The van der Waals surface area contributed by atoms with E-state index in [-0.39, 0.29) is 23.0 Å². The van der Waals surface area contributed by atoms with Crippen LogP contribution in [0.2, 0.25) is 0 Å². The summed E-state index contributed by atoms with van der Waals surface area (Å²) in [6.07, 6.45) is 3.73. The van der Waals surface area contributed by atoms with E-state index in [1.165, 1.54) is 0 Å². The molecule has 17 heavy (non-hydrogen) atoms. The summed E-state index contributed by atoms with van der Waals surface area (Å²) in [7, 11) is -2.94. The summed E-state index contributed by atoms with van der Waals surface area (Å²) in [5, 5.41) is -0.349. The molecule has 1 aromatic rings. The van der Waals surface area contributed by atoms with Crippen LogP contribution in [0.3, 0.4) is 0 Å². The molecule has 2 fully saturated rings. The summed E-state index contributed by atoms with van der Waals surface area (Å²) in [6, 6.07) is 3.18. The number of sulfone groups is 1. The maximum atomic E-state index is 12.2. The van der Waals surface area contributed by atoms with Crippen LogP contribution >= 0.6 is 0 Å². The molecule has 0 aliphatic carbocycles. The molecule has 1 amide bonds. The zero-order valence-electron chi connectivity index (χ0n) is 9.11. The van der Waals surface area contributed by atoms with Crippen molar-refractivity contribution in [2.75, 3.05) is 12.3 Å². The second-order valence-electron chi connectivity index (χ2n) is 4.53. The van der Waals surface area contributed by atoms with E-state index in [0.29, 0.717) is 18.5 Å². The SMILES string of the molecule is O=C(c1ccncc1)N1CC2CC1CS2(=O)=O. The Kier molecular flexibility index (Phi) is 2.22. The van der Waals surface area contributed by atoms with Gasteiger partial charge in [0, 0.05) is 30.5 Å². The molecule has 0 spiro atoms. The first-order valence-electron chi connectivity index (χ1n) is 5.50. The molecule has 2 aliphatic heterocycles. The zero-order chi connectivity index (χ0) is 12.0. The lowest BCUT2D eigenvalue weighted by molar-refractivity contribution is 0.0746. The monoisotopic (exact) mass is 252 g/mol. The summed E-state index contributed by atoms with van der Waals surface area (Å²) >= 11 is 0. The lowest BCUT2D eigenvalue weighted by atomic mass is 10.2. The van der Waals surface area contributed by atoms with Gasteiger partial charge in [0.1, 0.15) is 0 Å². The number of amides is 1. The van der Waals surface area contributed by atoms with Crippen molar-refractivity contribution < 1.29 is 13.2 Å². The molecule has 0 saturated carbocycles. The van der Waals surface area contributed by atoms with E-state index < -0.39 is 9.84 Å². The normalized spacial score (nSPS) is 29.5. The van der Waals surface area contributed by atoms with Gasteiger partial charge in [0.2, 0.25) is 0 Å². The Balaban J connectivity index is 1.84. The average Bonchev–Trinajstić information content (AvgIpc) is 2.84. The maximum Gasteiger partial charge on any atom is 0.254 e. The average molecular weight is 252 g/mol. The van der Waals surface area contributed by atoms with Crippen LogP contribution in [-0.4, -0.2) is 47.8 Å². The molecule has 2 aliphatic rings. The van der Waals surface area contributed by atoms with Crippen molar-refractivity contribution in [3.8, 4) is 0 Å². The predicted octanol–water partition coefficient (Wildman–Crippen LogP) is 0.0931. The highest BCUT2D eigenvalue weighted by molar-refractivity contribution is 7.92. The lowest BCUT2D eigenvalue weighted by Gasteiger charge is -2.26. The Labute approximate surface area is 99.4 Å². The van der Waals surface area contributed by atoms with Gasteiger partial charge in [-0.1, -0.05) is 0 Å². The Morgan fingerprint density at radius 2 is 2.06 bits per heavy atom. The van der Waals surface area contributed by atoms with Crippen molar-refractivity contribution >= 4 is 15.7 Å². The molecule has 90 valence electrons. The fourth-order valence-electron chi connectivity index (χ4n) is 2.61. The Hall–Kier alpha value is -1.43. The molecule has 3 heterocycles. The highest BCUT2D eigenvalue weighted by Crippen LogP contribution is 2.33. The number of likely N-dealkylation sites (tertiary alicyclic amines) is 1. The molecule has 2 unspecified atom stereocenters. The summed E-state index contributed by atoms with van der Waals surface area (Å²) in [5.74, 6) is 0.0314. The van der Waals surface area contributed by atoms with Crippen LogP contribution in [-0.2, 0) is 9.84 Å². The Bertz CT molecular complexity index is 555. The number of fused-ring (bicyclic) bond motifs is 2. The summed E-state index contributed by atoms with van der Waals surface area (Å²) in [5.41, 5.74) is 0.574. The number of aromatic nitrogens is 1. The number of pyridine rings is 1. The molecule has 2 atom stereocenters. The minimum atomic E-state index is -2.94. The van der Waals surface area contributed by atoms with Crippen molar-refractivity contribution in [2.45, 2.75) is 17.7 Å². The van der Waals surface area contributed by atoms with Gasteiger partial charge in [-0.3, -0.25) is 9.78 Å². The van der Waals surface area contributed by atoms with Crippen molar-refractivity contribution in [1.82, 2.24) is 9.88 Å². The van der Waals surface area contributed by atoms with Crippen molar-refractivity contribution in [2.24, 2.45) is 0 Å². The predicted molar refractivity (Wildman–Crippen MR) is 61.3 cm³/mol. The minimum absolute atomic E-state index is 0.0881. The van der Waals surface area contributed by atoms with E-state index >= 15 is 0 Å². The summed E-state index contributed by atoms with van der Waals surface area (Å²) in [4.78, 5) is 17.7. The molecule has 5 nitrogen and oxygen atoms in total. The van der Waals surface area contributed by atoms with Crippen LogP contribution in [0, 0.1) is 0 Å².